The lowest BCUT2D eigenvalue weighted by molar-refractivity contribution is -0.107. The number of rotatable bonds is 5. The second-order valence-electron chi connectivity index (χ2n) is 8.12. The molecule has 0 spiro atoms. The number of anilines is 1. The Labute approximate surface area is 173 Å². The van der Waals surface area contributed by atoms with Crippen LogP contribution in [0.3, 0.4) is 0 Å². The van der Waals surface area contributed by atoms with Gasteiger partial charge in [0.2, 0.25) is 0 Å². The zero-order chi connectivity index (χ0) is 21.6. The number of pyridine rings is 1. The van der Waals surface area contributed by atoms with E-state index < -0.39 is 29.8 Å². The summed E-state index contributed by atoms with van der Waals surface area (Å²) in [7, 11) is 0. The summed E-state index contributed by atoms with van der Waals surface area (Å²) in [6, 6.07) is 4.82. The van der Waals surface area contributed by atoms with Crippen LogP contribution in [0.15, 0.2) is 24.4 Å². The topological polar surface area (TPSA) is 107 Å². The van der Waals surface area contributed by atoms with Crippen LogP contribution in [0.4, 0.5) is 15.0 Å². The van der Waals surface area contributed by atoms with Gasteiger partial charge in [0.25, 0.3) is 12.3 Å². The minimum Gasteiger partial charge on any atom is -0.490 e. The third-order valence-corrected chi connectivity index (χ3v) is 5.97. The quantitative estimate of drug-likeness (QED) is 0.776. The van der Waals surface area contributed by atoms with Crippen molar-refractivity contribution < 1.29 is 23.5 Å². The van der Waals surface area contributed by atoms with Crippen molar-refractivity contribution >= 4 is 28.6 Å². The number of amides is 2. The van der Waals surface area contributed by atoms with Crippen molar-refractivity contribution in [3.63, 3.8) is 0 Å². The summed E-state index contributed by atoms with van der Waals surface area (Å²) in [5.74, 6) is 0.421. The van der Waals surface area contributed by atoms with E-state index in [1.165, 1.54) is 0 Å². The predicted octanol–water partition coefficient (Wildman–Crippen LogP) is 2.74. The first-order valence-electron chi connectivity index (χ1n) is 10.0. The molecule has 2 amide bonds. The number of fused-ring (bicyclic) bond motifs is 2. The highest BCUT2D eigenvalue weighted by Crippen LogP contribution is 2.44. The molecule has 1 aromatic carbocycles. The molecule has 0 aliphatic carbocycles. The maximum absolute atomic E-state index is 14.8. The van der Waals surface area contributed by atoms with Crippen molar-refractivity contribution in [1.29, 1.82) is 0 Å². The smallest absolute Gasteiger partial charge is 0.410 e. The molecule has 9 heteroatoms. The predicted molar refractivity (Wildman–Crippen MR) is 109 cm³/mol. The van der Waals surface area contributed by atoms with Gasteiger partial charge in [-0.15, -0.1) is 0 Å². The van der Waals surface area contributed by atoms with Gasteiger partial charge in [0.05, 0.1) is 23.1 Å². The molecule has 4 rings (SSSR count). The molecule has 1 aromatic heterocycles. The summed E-state index contributed by atoms with van der Waals surface area (Å²) in [4.78, 5) is 30.1. The average molecular weight is 416 g/mol. The van der Waals surface area contributed by atoms with E-state index in [2.05, 4.69) is 10.3 Å². The number of carbonyl (C=O) groups excluding carboxylic acids is 2. The Morgan fingerprint density at radius 2 is 2.27 bits per heavy atom. The number of benzene rings is 1. The number of ether oxygens (including phenoxy) is 2. The fraction of sp³-hybridized carbons (Fsp3) is 0.476. The van der Waals surface area contributed by atoms with Crippen LogP contribution in [0.25, 0.3) is 10.8 Å². The number of alkyl carbamates (subject to hydrolysis) is 1. The molecule has 2 aliphatic heterocycles. The molecule has 2 fully saturated rings. The molecule has 0 radical (unpaired) electrons. The van der Waals surface area contributed by atoms with E-state index in [1.54, 1.807) is 24.4 Å². The fourth-order valence-corrected chi connectivity index (χ4v) is 4.40. The molecule has 3 unspecified atom stereocenters. The van der Waals surface area contributed by atoms with E-state index in [1.807, 2.05) is 25.7 Å². The lowest BCUT2D eigenvalue weighted by Crippen LogP contribution is -2.58. The van der Waals surface area contributed by atoms with Gasteiger partial charge in [-0.3, -0.25) is 4.79 Å². The number of halogens is 1. The van der Waals surface area contributed by atoms with Gasteiger partial charge >= 0.3 is 6.09 Å². The summed E-state index contributed by atoms with van der Waals surface area (Å²) < 4.78 is 25.4. The summed E-state index contributed by atoms with van der Waals surface area (Å²) in [6.07, 6.45) is -0.467. The Kier molecular flexibility index (Phi) is 4.91. The van der Waals surface area contributed by atoms with Gasteiger partial charge in [-0.25, -0.2) is 14.2 Å². The number of nitrogens with one attached hydrogen (secondary N) is 1. The van der Waals surface area contributed by atoms with Crippen LogP contribution in [0.1, 0.15) is 37.6 Å². The van der Waals surface area contributed by atoms with Crippen LogP contribution in [0.5, 0.6) is 5.75 Å². The molecule has 2 saturated heterocycles. The summed E-state index contributed by atoms with van der Waals surface area (Å²) in [6.45, 7) is 6.33. The third kappa shape index (κ3) is 3.18. The van der Waals surface area contributed by atoms with Crippen molar-refractivity contribution in [1.82, 2.24) is 10.3 Å². The summed E-state index contributed by atoms with van der Waals surface area (Å²) in [5.41, 5.74) is 4.97. The SMILES string of the molecule is CCC12CN(c3nccc4cc(C(N)=O)c(OC(C)C)cc34)CC1NC(=O)OC2F. The minimum atomic E-state index is -1.69. The van der Waals surface area contributed by atoms with E-state index in [0.717, 1.165) is 10.8 Å². The first-order valence-corrected chi connectivity index (χ1v) is 10.0. The summed E-state index contributed by atoms with van der Waals surface area (Å²) >= 11 is 0. The highest BCUT2D eigenvalue weighted by atomic mass is 19.1. The van der Waals surface area contributed by atoms with Gasteiger partial charge in [-0.2, -0.15) is 0 Å². The molecule has 3 atom stereocenters. The third-order valence-electron chi connectivity index (χ3n) is 5.97. The Bertz CT molecular complexity index is 1010. The first-order chi connectivity index (χ1) is 14.2. The number of cyclic esters (lactones) is 1. The second kappa shape index (κ2) is 7.30. The fourth-order valence-electron chi connectivity index (χ4n) is 4.40. The zero-order valence-corrected chi connectivity index (χ0v) is 17.1. The van der Waals surface area contributed by atoms with Gasteiger partial charge < -0.3 is 25.4 Å². The van der Waals surface area contributed by atoms with Gasteiger partial charge in [-0.05, 0) is 43.9 Å². The first kappa shape index (κ1) is 20.2. The lowest BCUT2D eigenvalue weighted by Gasteiger charge is -2.39. The Morgan fingerprint density at radius 3 is 2.93 bits per heavy atom. The van der Waals surface area contributed by atoms with E-state index in [0.29, 0.717) is 31.1 Å². The highest BCUT2D eigenvalue weighted by Gasteiger charge is 2.57. The number of alkyl halides is 1. The monoisotopic (exact) mass is 416 g/mol. The molecular formula is C21H25FN4O4. The molecule has 3 N–H and O–H groups in total. The summed E-state index contributed by atoms with van der Waals surface area (Å²) in [5, 5.41) is 4.27. The Balaban J connectivity index is 1.80. The van der Waals surface area contributed by atoms with Gasteiger partial charge in [0.15, 0.2) is 0 Å². The maximum atomic E-state index is 14.8. The van der Waals surface area contributed by atoms with Crippen molar-refractivity contribution in [2.75, 3.05) is 18.0 Å². The van der Waals surface area contributed by atoms with Crippen molar-refractivity contribution in [2.24, 2.45) is 11.1 Å². The number of hydrogen-bond acceptors (Lipinski definition) is 6. The largest absolute Gasteiger partial charge is 0.490 e. The molecule has 30 heavy (non-hydrogen) atoms. The number of hydrogen-bond donors (Lipinski definition) is 2. The number of primary amides is 1. The van der Waals surface area contributed by atoms with Crippen molar-refractivity contribution in [3.05, 3.63) is 30.0 Å². The molecular weight excluding hydrogens is 391 g/mol. The number of aromatic nitrogens is 1. The highest BCUT2D eigenvalue weighted by molar-refractivity contribution is 6.03. The Hall–Kier alpha value is -3.10. The van der Waals surface area contributed by atoms with Gasteiger partial charge in [-0.1, -0.05) is 6.92 Å². The molecule has 160 valence electrons. The number of nitrogens with zero attached hydrogens (tertiary/aromatic N) is 2. The molecule has 8 nitrogen and oxygen atoms in total. The van der Waals surface area contributed by atoms with Crippen LogP contribution in [0.2, 0.25) is 0 Å². The van der Waals surface area contributed by atoms with Crippen molar-refractivity contribution in [3.8, 4) is 5.75 Å². The lowest BCUT2D eigenvalue weighted by atomic mass is 9.79. The van der Waals surface area contributed by atoms with Gasteiger partial charge in [0.1, 0.15) is 11.6 Å². The van der Waals surface area contributed by atoms with E-state index in [9.17, 15) is 14.0 Å². The maximum Gasteiger partial charge on any atom is 0.410 e. The van der Waals surface area contributed by atoms with E-state index in [4.69, 9.17) is 15.2 Å². The number of nitrogens with two attached hydrogens (primary N) is 1. The molecule has 2 aliphatic rings. The van der Waals surface area contributed by atoms with Gasteiger partial charge in [0, 0.05) is 24.7 Å². The molecule has 3 heterocycles. The minimum absolute atomic E-state index is 0.154. The van der Waals surface area contributed by atoms with Crippen molar-refractivity contribution in [2.45, 2.75) is 45.7 Å². The second-order valence-corrected chi connectivity index (χ2v) is 8.12. The number of carbonyl (C=O) groups is 2. The van der Waals surface area contributed by atoms with Crippen LogP contribution in [-0.4, -0.2) is 48.6 Å². The van der Waals surface area contributed by atoms with Crippen LogP contribution < -0.4 is 20.7 Å². The molecule has 0 saturated carbocycles. The zero-order valence-electron chi connectivity index (χ0n) is 17.1. The average Bonchev–Trinajstić information content (AvgIpc) is 3.06. The van der Waals surface area contributed by atoms with E-state index >= 15 is 0 Å². The van der Waals surface area contributed by atoms with Crippen LogP contribution >= 0.6 is 0 Å². The Morgan fingerprint density at radius 1 is 1.50 bits per heavy atom. The van der Waals surface area contributed by atoms with E-state index in [-0.39, 0.29) is 11.7 Å². The normalized spacial score (nSPS) is 25.8. The van der Waals surface area contributed by atoms with Crippen LogP contribution in [0, 0.1) is 5.41 Å². The molecule has 2 aromatic rings. The molecule has 0 bridgehead atoms. The standard InChI is InChI=1S/C21H25FN4O4/c1-4-21-10-26(9-16(21)25-20(28)30-19(21)22)18-13-8-15(29-11(2)3)14(17(23)27)7-12(13)5-6-24-18/h5-8,11,16,19H,4,9-10H2,1-3H3,(H2,23,27)(H,25,28). The van der Waals surface area contributed by atoms with Crippen LogP contribution in [-0.2, 0) is 4.74 Å².